The van der Waals surface area contributed by atoms with E-state index in [2.05, 4.69) is 49.0 Å². The number of alkyl halides is 2. The lowest BCUT2D eigenvalue weighted by Gasteiger charge is -2.44. The molecule has 6 rings (SSSR count). The highest BCUT2D eigenvalue weighted by atomic mass is 19.3. The molecule has 6 N–H and O–H groups in total. The van der Waals surface area contributed by atoms with E-state index in [1.807, 2.05) is 6.08 Å². The van der Waals surface area contributed by atoms with Crippen LogP contribution in [0, 0.1) is 29.1 Å². The van der Waals surface area contributed by atoms with E-state index in [1.165, 1.54) is 18.4 Å². The Balaban J connectivity index is 0.863. The number of ether oxygens (including phenoxy) is 3. The lowest BCUT2D eigenvalue weighted by Crippen LogP contribution is -2.42. The minimum atomic E-state index is -3.85. The highest BCUT2D eigenvalue weighted by molar-refractivity contribution is 5.69. The number of nitrogens with one attached hydrogen (secondary N) is 1. The third-order valence-electron chi connectivity index (χ3n) is 13.6. The number of allylic oxidation sites excluding steroid dienone is 4. The number of unbranched alkanes of at least 4 members (excludes halogenated alkanes) is 4. The number of aliphatic hydroxyl groups is 3. The number of fused-ring (bicyclic) bond motifs is 1. The Morgan fingerprint density at radius 3 is 2.63 bits per heavy atom. The van der Waals surface area contributed by atoms with Gasteiger partial charge in [-0.1, -0.05) is 69.6 Å². The minimum Gasteiger partial charge on any atom is -0.462 e. The van der Waals surface area contributed by atoms with Crippen molar-refractivity contribution in [3.05, 3.63) is 70.3 Å². The van der Waals surface area contributed by atoms with Crippen molar-refractivity contribution in [3.63, 3.8) is 0 Å². The summed E-state index contributed by atoms with van der Waals surface area (Å²) < 4.78 is 45.9. The van der Waals surface area contributed by atoms with Crippen LogP contribution in [0.5, 0.6) is 0 Å². The molecule has 2 heterocycles. The molecule has 1 aromatic heterocycles. The van der Waals surface area contributed by atoms with Crippen LogP contribution in [0.1, 0.15) is 116 Å². The van der Waals surface area contributed by atoms with Gasteiger partial charge >= 0.3 is 23.7 Å². The van der Waals surface area contributed by atoms with Gasteiger partial charge in [0.15, 0.2) is 6.10 Å². The van der Waals surface area contributed by atoms with Crippen LogP contribution in [0.4, 0.5) is 19.4 Å². The third-order valence-corrected chi connectivity index (χ3v) is 13.6. The van der Waals surface area contributed by atoms with Crippen molar-refractivity contribution in [1.29, 1.82) is 0 Å². The lowest BCUT2D eigenvalue weighted by molar-refractivity contribution is -0.150. The Morgan fingerprint density at radius 2 is 1.88 bits per heavy atom. The lowest BCUT2D eigenvalue weighted by atomic mass is 9.61. The van der Waals surface area contributed by atoms with Crippen LogP contribution in [0.25, 0.3) is 0 Å². The van der Waals surface area contributed by atoms with Crippen molar-refractivity contribution in [2.24, 2.45) is 29.1 Å². The van der Waals surface area contributed by atoms with Crippen molar-refractivity contribution in [3.8, 4) is 0 Å². The van der Waals surface area contributed by atoms with Crippen molar-refractivity contribution < 1.29 is 47.9 Å². The van der Waals surface area contributed by atoms with E-state index in [9.17, 15) is 38.5 Å². The summed E-state index contributed by atoms with van der Waals surface area (Å²) in [5.41, 5.74) is 7.62. The summed E-state index contributed by atoms with van der Waals surface area (Å²) in [4.78, 5) is 40.4. The van der Waals surface area contributed by atoms with Crippen LogP contribution in [0.15, 0.2) is 64.7 Å². The average molecular weight is 843 g/mol. The quantitative estimate of drug-likeness (QED) is 0.0658. The second-order valence-electron chi connectivity index (χ2n) is 17.9. The summed E-state index contributed by atoms with van der Waals surface area (Å²) in [5.74, 6) is -2.38. The Labute approximate surface area is 351 Å². The number of amides is 1. The summed E-state index contributed by atoms with van der Waals surface area (Å²) in [6, 6.07) is 1.15. The molecule has 5 aliphatic rings. The SMILES string of the molecule is C=C1/C(=C\C=C2/CCC[C@@]3(C)C2CCC3[C@@H](C)/C=C/C(O)C2CC2)C[C@@H](OC(=O)CCCCCCCNC(=O)OCC2OC(n3ccc(N)nc3=O)C(F)(F)C2O)C[C@@H]1O. The van der Waals surface area contributed by atoms with E-state index < -0.39 is 55.0 Å². The molecule has 332 valence electrons. The normalized spacial score (nSPS) is 32.6. The molecule has 15 heteroatoms. The Bertz CT molecular complexity index is 1850. The number of nitrogens with zero attached hydrogens (tertiary/aromatic N) is 2. The minimum absolute atomic E-state index is 0.157. The van der Waals surface area contributed by atoms with E-state index in [0.717, 1.165) is 69.2 Å². The van der Waals surface area contributed by atoms with Crippen LogP contribution in [0.2, 0.25) is 0 Å². The maximum absolute atomic E-state index is 14.7. The predicted octanol–water partition coefficient (Wildman–Crippen LogP) is 6.44. The number of nitrogen functional groups attached to an aromatic ring is 1. The second-order valence-corrected chi connectivity index (χ2v) is 17.9. The van der Waals surface area contributed by atoms with E-state index in [4.69, 9.17) is 19.9 Å². The Kier molecular flexibility index (Phi) is 15.1. The summed E-state index contributed by atoms with van der Waals surface area (Å²) >= 11 is 0. The van der Waals surface area contributed by atoms with Crippen molar-refractivity contribution >= 4 is 17.9 Å². The van der Waals surface area contributed by atoms with Gasteiger partial charge in [-0.05, 0) is 104 Å². The molecule has 4 saturated carbocycles. The number of aliphatic hydroxyl groups excluding tert-OH is 3. The third kappa shape index (κ3) is 10.9. The molecular formula is C45H64F2N4O9. The fraction of sp³-hybridized carbons (Fsp3) is 0.689. The fourth-order valence-corrected chi connectivity index (χ4v) is 9.98. The van der Waals surface area contributed by atoms with Crippen LogP contribution >= 0.6 is 0 Å². The molecule has 1 amide bonds. The first-order valence-electron chi connectivity index (χ1n) is 21.9. The van der Waals surface area contributed by atoms with Gasteiger partial charge in [-0.15, -0.1) is 0 Å². The molecule has 10 atom stereocenters. The van der Waals surface area contributed by atoms with E-state index in [1.54, 1.807) is 0 Å². The number of alkyl carbamates (subject to hydrolysis) is 1. The zero-order valence-corrected chi connectivity index (χ0v) is 35.0. The number of esters is 1. The molecule has 6 unspecified atom stereocenters. The van der Waals surface area contributed by atoms with E-state index >= 15 is 0 Å². The topological polar surface area (TPSA) is 195 Å². The number of hydrogen-bond acceptors (Lipinski definition) is 11. The van der Waals surface area contributed by atoms with Gasteiger partial charge in [-0.25, -0.2) is 9.59 Å². The number of halogens is 2. The zero-order chi connectivity index (χ0) is 43.2. The first-order chi connectivity index (χ1) is 28.6. The molecule has 13 nitrogen and oxygen atoms in total. The number of carbonyl (C=O) groups excluding carboxylic acids is 2. The van der Waals surface area contributed by atoms with Gasteiger partial charge in [0.05, 0.1) is 12.2 Å². The zero-order valence-electron chi connectivity index (χ0n) is 35.0. The summed E-state index contributed by atoms with van der Waals surface area (Å²) in [5, 5.41) is 33.9. The van der Waals surface area contributed by atoms with E-state index in [0.29, 0.717) is 59.5 Å². The predicted molar refractivity (Wildman–Crippen MR) is 220 cm³/mol. The number of rotatable bonds is 17. The fourth-order valence-electron chi connectivity index (χ4n) is 9.98. The standard InChI is InChI=1S/C45H64F2N4O9/c1-27(12-19-35(52)30-14-15-30)33-17-18-34-29(10-9-21-44(33,34)3)13-16-31-24-32(25-36(53)28(31)2)59-39(54)11-7-5-4-6-8-22-49-43(57)58-26-37-40(55)45(46,47)41(60-37)51-23-20-38(48)50-42(51)56/h12-13,16,19-20,23,27,30,32-37,40-41,52-53,55H,2,4-11,14-15,17-18,21-22,24-26H2,1,3H3,(H,49,57)(H2,48,50,56)/b19-12+,29-13+,31-16-/t27-,32+,33?,34?,35?,36-,37?,40?,41?,44+/m0/s1. The van der Waals surface area contributed by atoms with Gasteiger partial charge in [-0.3, -0.25) is 9.36 Å². The second kappa shape index (κ2) is 19.9. The molecule has 0 radical (unpaired) electrons. The molecule has 0 aromatic carbocycles. The summed E-state index contributed by atoms with van der Waals surface area (Å²) in [6.07, 6.45) is 13.9. The van der Waals surface area contributed by atoms with Crippen molar-refractivity contribution in [2.75, 3.05) is 18.9 Å². The van der Waals surface area contributed by atoms with Gasteiger partial charge in [0.1, 0.15) is 24.6 Å². The van der Waals surface area contributed by atoms with Gasteiger partial charge in [0.2, 0.25) is 6.23 Å². The number of carbonyl (C=O) groups is 2. The van der Waals surface area contributed by atoms with Gasteiger partial charge in [0, 0.05) is 32.0 Å². The maximum atomic E-state index is 14.7. The highest BCUT2D eigenvalue weighted by Gasteiger charge is 2.60. The number of hydrogen-bond donors (Lipinski definition) is 5. The smallest absolute Gasteiger partial charge is 0.407 e. The Hall–Kier alpha value is -3.92. The molecule has 4 aliphatic carbocycles. The summed E-state index contributed by atoms with van der Waals surface area (Å²) in [6.45, 7) is 8.54. The van der Waals surface area contributed by atoms with Gasteiger partial charge in [-0.2, -0.15) is 13.8 Å². The number of anilines is 1. The van der Waals surface area contributed by atoms with Crippen LogP contribution in [0.3, 0.4) is 0 Å². The molecule has 1 aromatic rings. The first-order valence-corrected chi connectivity index (χ1v) is 21.9. The molecule has 0 spiro atoms. The summed E-state index contributed by atoms with van der Waals surface area (Å²) in [7, 11) is 0. The van der Waals surface area contributed by atoms with Crippen molar-refractivity contribution in [1.82, 2.24) is 14.9 Å². The number of aromatic nitrogens is 2. The monoisotopic (exact) mass is 842 g/mol. The maximum Gasteiger partial charge on any atom is 0.407 e. The largest absolute Gasteiger partial charge is 0.462 e. The van der Waals surface area contributed by atoms with Crippen LogP contribution < -0.4 is 16.7 Å². The van der Waals surface area contributed by atoms with Crippen molar-refractivity contribution in [2.45, 2.75) is 153 Å². The number of nitrogens with two attached hydrogens (primary N) is 1. The van der Waals surface area contributed by atoms with Gasteiger partial charge < -0.3 is 40.6 Å². The molecular weight excluding hydrogens is 779 g/mol. The van der Waals surface area contributed by atoms with Gasteiger partial charge in [0.25, 0.3) is 0 Å². The van der Waals surface area contributed by atoms with Crippen LogP contribution in [-0.4, -0.2) is 86.5 Å². The molecule has 1 aliphatic heterocycles. The molecule has 60 heavy (non-hydrogen) atoms. The first kappa shape index (κ1) is 45.6. The highest BCUT2D eigenvalue weighted by Crippen LogP contribution is 2.59. The molecule has 5 fully saturated rings. The molecule has 0 bridgehead atoms. The van der Waals surface area contributed by atoms with Crippen LogP contribution in [-0.2, 0) is 19.0 Å². The molecule has 1 saturated heterocycles. The van der Waals surface area contributed by atoms with E-state index in [-0.39, 0.29) is 36.3 Å². The average Bonchev–Trinajstić information content (AvgIpc) is 3.95. The Morgan fingerprint density at radius 1 is 1.13 bits per heavy atom.